The molecular formula is C21H23N3O2. The minimum atomic E-state index is -0.393. The predicted molar refractivity (Wildman–Crippen MR) is 101 cm³/mol. The Morgan fingerprint density at radius 1 is 1.23 bits per heavy atom. The van der Waals surface area contributed by atoms with Crippen molar-refractivity contribution in [3.05, 3.63) is 77.5 Å². The summed E-state index contributed by atoms with van der Waals surface area (Å²) >= 11 is 0. The number of nitrogens with zero attached hydrogens (tertiary/aromatic N) is 2. The maximum Gasteiger partial charge on any atom is 0.263 e. The Balaban J connectivity index is 2.01. The Morgan fingerprint density at radius 3 is 2.46 bits per heavy atom. The summed E-state index contributed by atoms with van der Waals surface area (Å²) in [4.78, 5) is 14.2. The summed E-state index contributed by atoms with van der Waals surface area (Å²) in [6.45, 7) is 2.50. The van der Waals surface area contributed by atoms with Gasteiger partial charge in [-0.15, -0.1) is 0 Å². The van der Waals surface area contributed by atoms with Gasteiger partial charge in [0.2, 0.25) is 0 Å². The normalized spacial score (nSPS) is 12.0. The lowest BCUT2D eigenvalue weighted by Crippen LogP contribution is -2.28. The Bertz CT molecular complexity index is 792. The molecule has 134 valence electrons. The molecule has 1 amide bonds. The van der Waals surface area contributed by atoms with E-state index in [-0.39, 0.29) is 11.6 Å². The highest BCUT2D eigenvalue weighted by molar-refractivity contribution is 5.97. The lowest BCUT2D eigenvalue weighted by atomic mass is 10.1. The van der Waals surface area contributed by atoms with E-state index < -0.39 is 5.91 Å². The van der Waals surface area contributed by atoms with Gasteiger partial charge in [-0.2, -0.15) is 5.26 Å². The summed E-state index contributed by atoms with van der Waals surface area (Å²) in [5.41, 5.74) is 2.12. The van der Waals surface area contributed by atoms with Crippen LogP contribution in [0.4, 0.5) is 0 Å². The third-order valence-corrected chi connectivity index (χ3v) is 3.95. The smallest absolute Gasteiger partial charge is 0.263 e. The van der Waals surface area contributed by atoms with Crippen LogP contribution in [0.25, 0.3) is 0 Å². The van der Waals surface area contributed by atoms with E-state index in [4.69, 9.17) is 4.74 Å². The molecule has 26 heavy (non-hydrogen) atoms. The second kappa shape index (κ2) is 9.28. The van der Waals surface area contributed by atoms with Gasteiger partial charge in [-0.25, -0.2) is 0 Å². The molecule has 0 heterocycles. The average molecular weight is 349 g/mol. The van der Waals surface area contributed by atoms with Crippen LogP contribution in [-0.2, 0) is 11.3 Å². The molecule has 1 N–H and O–H groups in total. The Labute approximate surface area is 154 Å². The number of carbonyl (C=O) groups is 1. The van der Waals surface area contributed by atoms with Crippen molar-refractivity contribution in [2.24, 2.45) is 0 Å². The van der Waals surface area contributed by atoms with Crippen LogP contribution in [0.5, 0.6) is 5.75 Å². The quantitative estimate of drug-likeness (QED) is 0.614. The fraction of sp³-hybridized carbons (Fsp3) is 0.238. The second-order valence-corrected chi connectivity index (χ2v) is 6.02. The lowest BCUT2D eigenvalue weighted by Gasteiger charge is -2.17. The first-order chi connectivity index (χ1) is 12.5. The number of ether oxygens (including phenoxy) is 1. The zero-order valence-electron chi connectivity index (χ0n) is 15.3. The highest BCUT2D eigenvalue weighted by Crippen LogP contribution is 2.17. The number of rotatable bonds is 7. The topological polar surface area (TPSA) is 65.4 Å². The summed E-state index contributed by atoms with van der Waals surface area (Å²) in [7, 11) is 3.45. The van der Waals surface area contributed by atoms with Crippen LogP contribution in [0.3, 0.4) is 0 Å². The van der Waals surface area contributed by atoms with Crippen molar-refractivity contribution < 1.29 is 9.53 Å². The molecule has 0 aliphatic rings. The highest BCUT2D eigenvalue weighted by Gasteiger charge is 2.14. The van der Waals surface area contributed by atoms with Crippen molar-refractivity contribution in [3.8, 4) is 11.8 Å². The van der Waals surface area contributed by atoms with E-state index in [2.05, 4.69) is 5.32 Å². The molecule has 0 saturated heterocycles. The number of nitriles is 1. The monoisotopic (exact) mass is 349 g/mol. The summed E-state index contributed by atoms with van der Waals surface area (Å²) in [5, 5.41) is 12.2. The molecule has 2 aromatic rings. The molecule has 1 atom stereocenters. The number of nitrogens with one attached hydrogen (secondary N) is 1. The molecule has 1 unspecified atom stereocenters. The largest absolute Gasteiger partial charge is 0.497 e. The summed E-state index contributed by atoms with van der Waals surface area (Å²) in [6.07, 6.45) is 1.57. The van der Waals surface area contributed by atoms with Gasteiger partial charge >= 0.3 is 0 Å². The predicted octanol–water partition coefficient (Wildman–Crippen LogP) is 3.41. The number of amides is 1. The number of hydrogen-bond donors (Lipinski definition) is 1. The number of benzene rings is 2. The molecule has 2 rings (SSSR count). The van der Waals surface area contributed by atoms with Crippen LogP contribution in [-0.4, -0.2) is 25.0 Å². The molecule has 0 fully saturated rings. The third-order valence-electron chi connectivity index (χ3n) is 3.95. The van der Waals surface area contributed by atoms with E-state index >= 15 is 0 Å². The fourth-order valence-electron chi connectivity index (χ4n) is 2.53. The zero-order valence-corrected chi connectivity index (χ0v) is 15.3. The molecular weight excluding hydrogens is 326 g/mol. The van der Waals surface area contributed by atoms with E-state index in [0.29, 0.717) is 6.54 Å². The standard InChI is InChI=1S/C21H23N3O2/c1-16(18-9-11-20(26-3)12-10-18)23-21(25)19(13-22)15-24(2)14-17-7-5-4-6-8-17/h4-12,15-16H,14H2,1-3H3,(H,23,25)/b19-15-. The van der Waals surface area contributed by atoms with Crippen molar-refractivity contribution in [2.45, 2.75) is 19.5 Å². The molecule has 0 aromatic heterocycles. The van der Waals surface area contributed by atoms with Crippen LogP contribution in [0.1, 0.15) is 24.1 Å². The minimum absolute atomic E-state index is 0.0730. The van der Waals surface area contributed by atoms with Gasteiger partial charge in [-0.3, -0.25) is 4.79 Å². The second-order valence-electron chi connectivity index (χ2n) is 6.02. The van der Waals surface area contributed by atoms with Gasteiger partial charge in [0.15, 0.2) is 0 Å². The molecule has 2 aromatic carbocycles. The first-order valence-electron chi connectivity index (χ1n) is 8.34. The van der Waals surface area contributed by atoms with Crippen molar-refractivity contribution in [3.63, 3.8) is 0 Å². The van der Waals surface area contributed by atoms with Crippen LogP contribution in [0, 0.1) is 11.3 Å². The number of carbonyl (C=O) groups excluding carboxylic acids is 1. The van der Waals surface area contributed by atoms with Gasteiger partial charge in [-0.05, 0) is 30.2 Å². The van der Waals surface area contributed by atoms with Gasteiger partial charge in [0.25, 0.3) is 5.91 Å². The van der Waals surface area contributed by atoms with Gasteiger partial charge < -0.3 is 15.0 Å². The molecule has 0 aliphatic heterocycles. The van der Waals surface area contributed by atoms with E-state index in [1.165, 1.54) is 0 Å². The summed E-state index contributed by atoms with van der Waals surface area (Å²) in [6, 6.07) is 19.1. The van der Waals surface area contributed by atoms with Crippen molar-refractivity contribution in [2.75, 3.05) is 14.2 Å². The Hall–Kier alpha value is -3.26. The molecule has 0 radical (unpaired) electrons. The van der Waals surface area contributed by atoms with E-state index in [0.717, 1.165) is 16.9 Å². The van der Waals surface area contributed by atoms with Crippen LogP contribution < -0.4 is 10.1 Å². The van der Waals surface area contributed by atoms with Gasteiger partial charge in [0.1, 0.15) is 17.4 Å². The summed E-state index contributed by atoms with van der Waals surface area (Å²) < 4.78 is 5.13. The minimum Gasteiger partial charge on any atom is -0.497 e. The molecule has 0 spiro atoms. The van der Waals surface area contributed by atoms with Gasteiger partial charge in [-0.1, -0.05) is 42.5 Å². The van der Waals surface area contributed by atoms with E-state index in [1.807, 2.05) is 79.5 Å². The SMILES string of the molecule is COc1ccc(C(C)NC(=O)/C(C#N)=C\N(C)Cc2ccccc2)cc1. The highest BCUT2D eigenvalue weighted by atomic mass is 16.5. The Morgan fingerprint density at radius 2 is 1.88 bits per heavy atom. The molecule has 0 bridgehead atoms. The van der Waals surface area contributed by atoms with Gasteiger partial charge in [0, 0.05) is 19.8 Å². The maximum absolute atomic E-state index is 12.4. The van der Waals surface area contributed by atoms with E-state index in [9.17, 15) is 10.1 Å². The molecule has 5 heteroatoms. The zero-order chi connectivity index (χ0) is 18.9. The van der Waals surface area contributed by atoms with Crippen LogP contribution in [0.2, 0.25) is 0 Å². The Kier molecular flexibility index (Phi) is 6.81. The average Bonchev–Trinajstić information content (AvgIpc) is 2.66. The fourth-order valence-corrected chi connectivity index (χ4v) is 2.53. The van der Waals surface area contributed by atoms with Crippen molar-refractivity contribution in [1.82, 2.24) is 10.2 Å². The van der Waals surface area contributed by atoms with Crippen molar-refractivity contribution >= 4 is 5.91 Å². The van der Waals surface area contributed by atoms with Crippen LogP contribution >= 0.6 is 0 Å². The third kappa shape index (κ3) is 5.38. The number of methoxy groups -OCH3 is 1. The first kappa shape index (κ1) is 19.1. The molecule has 0 aliphatic carbocycles. The molecule has 0 saturated carbocycles. The first-order valence-corrected chi connectivity index (χ1v) is 8.34. The molecule has 5 nitrogen and oxygen atoms in total. The van der Waals surface area contributed by atoms with E-state index in [1.54, 1.807) is 13.3 Å². The van der Waals surface area contributed by atoms with Crippen LogP contribution in [0.15, 0.2) is 66.4 Å². The lowest BCUT2D eigenvalue weighted by molar-refractivity contribution is -0.117. The van der Waals surface area contributed by atoms with Gasteiger partial charge in [0.05, 0.1) is 13.2 Å². The maximum atomic E-state index is 12.4. The summed E-state index contributed by atoms with van der Waals surface area (Å²) in [5.74, 6) is 0.364. The number of hydrogen-bond acceptors (Lipinski definition) is 4. The van der Waals surface area contributed by atoms with Crippen molar-refractivity contribution in [1.29, 1.82) is 5.26 Å².